The average molecular weight is 916 g/mol. The number of carbonyl (C=O) groups is 1. The van der Waals surface area contributed by atoms with Gasteiger partial charge < -0.3 is 33.7 Å². The van der Waals surface area contributed by atoms with Crippen LogP contribution in [0.5, 0.6) is 23.1 Å². The topological polar surface area (TPSA) is 141 Å². The average Bonchev–Trinajstić information content (AvgIpc) is 3.65. The monoisotopic (exact) mass is 914 g/mol. The van der Waals surface area contributed by atoms with Crippen LogP contribution < -0.4 is 18.9 Å². The Morgan fingerprint density at radius 2 is 1.73 bits per heavy atom. The number of carboxylic acids is 1. The van der Waals surface area contributed by atoms with E-state index >= 15 is 0 Å². The highest BCUT2D eigenvalue weighted by Crippen LogP contribution is 2.53. The van der Waals surface area contributed by atoms with Crippen molar-refractivity contribution in [2.24, 2.45) is 0 Å². The number of aliphatic carboxylic acids is 1. The molecule has 10 rings (SSSR count). The minimum Gasteiger partial charge on any atom is -0.490 e. The summed E-state index contributed by atoms with van der Waals surface area (Å²) in [6, 6.07) is 13.2. The summed E-state index contributed by atoms with van der Waals surface area (Å²) in [4.78, 5) is 37.5. The normalized spacial score (nSPS) is 19.1. The molecule has 1 N–H and O–H groups in total. The van der Waals surface area contributed by atoms with Crippen LogP contribution in [0.25, 0.3) is 31.8 Å². The van der Waals surface area contributed by atoms with E-state index in [0.717, 1.165) is 26.2 Å². The quantitative estimate of drug-likeness (QED) is 0.157. The summed E-state index contributed by atoms with van der Waals surface area (Å²) in [7, 11) is 2.10. The van der Waals surface area contributed by atoms with Crippen LogP contribution in [0.2, 0.25) is 10.0 Å². The standard InChI is InChI=1S/C46H45Cl2FN6O7S/c1-25-35-26(2)39(48)40(38(25)47)61-32(19-55-15-13-54(4)14-16-55)21-59-31-9-10-33(60-20-30-11-12-50-45(53-30)46(3)22-58-23-46)28(17-31)18-34(44(56)57)62-42-37-36(35)41(63-43(37)52-24-51-42)27-5-7-29(49)8-6-27/h5-12,17,24,32,34H,13-16,18-23H2,1-4H3,(H,56,57)/t32-,34-/m1/s1. The third kappa shape index (κ3) is 8.74. The molecular weight excluding hydrogens is 871 g/mol. The Kier molecular flexibility index (Phi) is 12.2. The van der Waals surface area contributed by atoms with Gasteiger partial charge in [0.1, 0.15) is 53.6 Å². The zero-order valence-electron chi connectivity index (χ0n) is 35.1. The van der Waals surface area contributed by atoms with Crippen molar-refractivity contribution in [1.29, 1.82) is 0 Å². The molecule has 2 saturated heterocycles. The van der Waals surface area contributed by atoms with Gasteiger partial charge in [0.2, 0.25) is 12.0 Å². The van der Waals surface area contributed by atoms with Crippen LogP contribution in [-0.2, 0) is 28.0 Å². The van der Waals surface area contributed by atoms with Gasteiger partial charge in [-0.25, -0.2) is 29.1 Å². The lowest BCUT2D eigenvalue weighted by atomic mass is 9.87. The second-order valence-corrected chi connectivity index (χ2v) is 18.3. The van der Waals surface area contributed by atoms with Crippen LogP contribution in [0.15, 0.2) is 61.1 Å². The predicted molar refractivity (Wildman–Crippen MR) is 238 cm³/mol. The van der Waals surface area contributed by atoms with Gasteiger partial charge in [-0.15, -0.1) is 11.3 Å². The summed E-state index contributed by atoms with van der Waals surface area (Å²) in [5, 5.41) is 11.9. The minimum atomic E-state index is -1.45. The maximum absolute atomic E-state index is 14.3. The van der Waals surface area contributed by atoms with E-state index in [1.807, 2.05) is 13.8 Å². The summed E-state index contributed by atoms with van der Waals surface area (Å²) in [6.45, 7) is 11.1. The molecule has 0 unspecified atom stereocenters. The SMILES string of the molecule is Cc1c(Cl)c2c(Cl)c(C)c1-c1c(-c3ccc(F)cc3)sc3ncnc(c13)O[C@@H](C(=O)O)Cc1cc(ccc1OCc1ccnc(C3(C)COC3)n1)OC[C@@H](CN1CCN(C)CC1)O2. The molecule has 3 aromatic heterocycles. The Morgan fingerprint density at radius 1 is 0.984 bits per heavy atom. The molecule has 6 aromatic rings. The number of hydrogen-bond donors (Lipinski definition) is 1. The molecule has 13 nitrogen and oxygen atoms in total. The number of hydrogen-bond acceptors (Lipinski definition) is 13. The van der Waals surface area contributed by atoms with Crippen LogP contribution >= 0.6 is 34.5 Å². The Balaban J connectivity index is 1.18. The summed E-state index contributed by atoms with van der Waals surface area (Å²) >= 11 is 16.0. The Labute approximate surface area is 377 Å². The maximum atomic E-state index is 14.3. The smallest absolute Gasteiger partial charge is 0.345 e. The number of thiophene rings is 1. The number of carboxylic acid groups (broad SMARTS) is 1. The van der Waals surface area contributed by atoms with Crippen molar-refractivity contribution >= 4 is 50.7 Å². The Morgan fingerprint density at radius 3 is 2.43 bits per heavy atom. The molecule has 7 heterocycles. The van der Waals surface area contributed by atoms with Gasteiger partial charge in [0.15, 0.2) is 5.75 Å². The number of fused-ring (bicyclic) bond motifs is 7. The third-order valence-corrected chi connectivity index (χ3v) is 13.9. The fourth-order valence-electron chi connectivity index (χ4n) is 8.17. The van der Waals surface area contributed by atoms with E-state index in [-0.39, 0.29) is 30.9 Å². The van der Waals surface area contributed by atoms with Crippen LogP contribution in [0.4, 0.5) is 4.39 Å². The molecule has 0 aliphatic carbocycles. The van der Waals surface area contributed by atoms with E-state index < -0.39 is 24.0 Å². The van der Waals surface area contributed by atoms with E-state index in [1.54, 1.807) is 42.6 Å². The highest BCUT2D eigenvalue weighted by molar-refractivity contribution is 7.22. The molecule has 0 amide bonds. The van der Waals surface area contributed by atoms with Crippen molar-refractivity contribution in [2.45, 2.75) is 51.4 Å². The molecule has 4 bridgehead atoms. The Hall–Kier alpha value is -5.16. The van der Waals surface area contributed by atoms with Gasteiger partial charge in [0, 0.05) is 61.3 Å². The number of rotatable bonds is 8. The van der Waals surface area contributed by atoms with Gasteiger partial charge in [-0.1, -0.05) is 35.3 Å². The first-order valence-corrected chi connectivity index (χ1v) is 22.2. The highest BCUT2D eigenvalue weighted by Gasteiger charge is 2.38. The third-order valence-electron chi connectivity index (χ3n) is 11.8. The van der Waals surface area contributed by atoms with Crippen molar-refractivity contribution in [3.63, 3.8) is 0 Å². The van der Waals surface area contributed by atoms with Crippen molar-refractivity contribution < 1.29 is 38.0 Å². The van der Waals surface area contributed by atoms with E-state index in [9.17, 15) is 14.3 Å². The fourth-order valence-corrected chi connectivity index (χ4v) is 9.83. The van der Waals surface area contributed by atoms with Crippen molar-refractivity contribution in [1.82, 2.24) is 29.7 Å². The summed E-state index contributed by atoms with van der Waals surface area (Å²) in [5.41, 5.74) is 4.19. The van der Waals surface area contributed by atoms with E-state index in [2.05, 4.69) is 38.7 Å². The molecule has 3 aromatic carbocycles. The first-order valence-electron chi connectivity index (χ1n) is 20.6. The van der Waals surface area contributed by atoms with Gasteiger partial charge in [-0.3, -0.25) is 4.90 Å². The number of aromatic nitrogens is 4. The number of benzene rings is 3. The van der Waals surface area contributed by atoms with Gasteiger partial charge in [-0.05, 0) is 86.5 Å². The molecule has 4 aliphatic heterocycles. The maximum Gasteiger partial charge on any atom is 0.345 e. The highest BCUT2D eigenvalue weighted by atomic mass is 35.5. The number of nitrogens with zero attached hydrogens (tertiary/aromatic N) is 6. The van der Waals surface area contributed by atoms with Crippen LogP contribution in [0.1, 0.15) is 35.1 Å². The van der Waals surface area contributed by atoms with Gasteiger partial charge in [0.05, 0.1) is 39.8 Å². The molecule has 63 heavy (non-hydrogen) atoms. The van der Waals surface area contributed by atoms with E-state index in [1.165, 1.54) is 29.8 Å². The summed E-state index contributed by atoms with van der Waals surface area (Å²) in [5.74, 6) is 0.289. The molecule has 0 radical (unpaired) electrons. The molecule has 17 heteroatoms. The van der Waals surface area contributed by atoms with Crippen LogP contribution in [-0.4, -0.2) is 113 Å². The van der Waals surface area contributed by atoms with Crippen molar-refractivity contribution in [3.8, 4) is 44.7 Å². The molecule has 2 fully saturated rings. The van der Waals surface area contributed by atoms with Gasteiger partial charge in [-0.2, -0.15) is 0 Å². The number of ether oxygens (including phenoxy) is 5. The van der Waals surface area contributed by atoms with Crippen molar-refractivity contribution in [3.05, 3.63) is 105 Å². The molecule has 2 atom stereocenters. The molecule has 0 spiro atoms. The van der Waals surface area contributed by atoms with Crippen LogP contribution in [0, 0.1) is 19.7 Å². The molecular formula is C46H45Cl2FN6O7S. The molecule has 0 saturated carbocycles. The number of piperazine rings is 1. The summed E-state index contributed by atoms with van der Waals surface area (Å²) < 4.78 is 46.0. The molecule has 4 aliphatic rings. The number of halogens is 3. The van der Waals surface area contributed by atoms with Crippen LogP contribution in [0.3, 0.4) is 0 Å². The van der Waals surface area contributed by atoms with Crippen molar-refractivity contribution in [2.75, 3.05) is 59.6 Å². The Bertz CT molecular complexity index is 2660. The number of likely N-dealkylation sites (N-methyl/N-ethyl adjacent to an activating group) is 1. The van der Waals surface area contributed by atoms with E-state index in [4.69, 9.17) is 51.9 Å². The first kappa shape index (κ1) is 43.1. The van der Waals surface area contributed by atoms with Gasteiger partial charge in [0.25, 0.3) is 0 Å². The zero-order valence-corrected chi connectivity index (χ0v) is 37.4. The lowest BCUT2D eigenvalue weighted by Crippen LogP contribution is -2.49. The largest absolute Gasteiger partial charge is 0.490 e. The lowest BCUT2D eigenvalue weighted by Gasteiger charge is -2.36. The summed E-state index contributed by atoms with van der Waals surface area (Å²) in [6.07, 6.45) is 0.930. The second kappa shape index (κ2) is 17.8. The van der Waals surface area contributed by atoms with E-state index in [0.29, 0.717) is 107 Å². The second-order valence-electron chi connectivity index (χ2n) is 16.5. The zero-order chi connectivity index (χ0) is 44.0. The predicted octanol–water partition coefficient (Wildman–Crippen LogP) is 8.21. The molecule has 328 valence electrons. The minimum absolute atomic E-state index is 0.0341. The van der Waals surface area contributed by atoms with Gasteiger partial charge >= 0.3 is 5.97 Å². The lowest BCUT2D eigenvalue weighted by molar-refractivity contribution is -0.145. The fraction of sp³-hybridized carbons (Fsp3) is 0.370. The first-order chi connectivity index (χ1) is 30.3.